The molecule has 0 saturated heterocycles. The van der Waals surface area contributed by atoms with Crippen LogP contribution in [0.4, 0.5) is 0 Å². The number of amides is 2. The molecule has 0 aromatic rings. The normalized spacial score (nSPS) is 12.7. The van der Waals surface area contributed by atoms with Crippen LogP contribution in [0.1, 0.15) is 89.9 Å². The molecule has 0 aliphatic heterocycles. The van der Waals surface area contributed by atoms with Gasteiger partial charge in [0.25, 0.3) is 0 Å². The minimum atomic E-state index is -0.995. The van der Waals surface area contributed by atoms with Gasteiger partial charge in [-0.25, -0.2) is 0 Å². The zero-order chi connectivity index (χ0) is 24.2. The number of carbonyl (C=O) groups excluding carboxylic acids is 2. The summed E-state index contributed by atoms with van der Waals surface area (Å²) in [5.41, 5.74) is 10.8. The van der Waals surface area contributed by atoms with Crippen molar-refractivity contribution in [2.24, 2.45) is 11.5 Å². The molecular formula is C22H42N4O6. The number of aliphatic carboxylic acids is 2. The van der Waals surface area contributed by atoms with Crippen LogP contribution in [0.15, 0.2) is 0 Å². The van der Waals surface area contributed by atoms with Crippen molar-refractivity contribution < 1.29 is 29.4 Å². The third-order valence-corrected chi connectivity index (χ3v) is 5.22. The standard InChI is InChI=1S/C22H42N4O6/c23-17(21(29)30)11-7-9-15-25-19(27)13-5-3-1-2-4-6-14-20(28)26-16-10-8-12-18(24)22(31)32/h17-18H,1-16,23-24H2,(H,25,27)(H,26,28)(H,29,30)(H,31,32). The molecule has 0 bridgehead atoms. The summed E-state index contributed by atoms with van der Waals surface area (Å²) in [5, 5.41) is 23.0. The molecule has 10 heteroatoms. The van der Waals surface area contributed by atoms with Gasteiger partial charge in [-0.05, 0) is 51.4 Å². The fraction of sp³-hybridized carbons (Fsp3) is 0.818. The maximum Gasteiger partial charge on any atom is 0.320 e. The minimum Gasteiger partial charge on any atom is -0.480 e. The zero-order valence-electron chi connectivity index (χ0n) is 19.2. The van der Waals surface area contributed by atoms with E-state index in [1.165, 1.54) is 0 Å². The Hall–Kier alpha value is -2.20. The first kappa shape index (κ1) is 29.8. The van der Waals surface area contributed by atoms with Crippen LogP contribution in [-0.4, -0.2) is 59.1 Å². The highest BCUT2D eigenvalue weighted by molar-refractivity contribution is 5.76. The largest absolute Gasteiger partial charge is 0.480 e. The summed E-state index contributed by atoms with van der Waals surface area (Å²) in [6, 6.07) is -1.66. The molecule has 0 saturated carbocycles. The van der Waals surface area contributed by atoms with Crippen LogP contribution < -0.4 is 22.1 Å². The summed E-state index contributed by atoms with van der Waals surface area (Å²) in [5.74, 6) is -1.95. The van der Waals surface area contributed by atoms with Gasteiger partial charge in [0.2, 0.25) is 11.8 Å². The Labute approximate surface area is 190 Å². The highest BCUT2D eigenvalue weighted by Gasteiger charge is 2.11. The summed E-state index contributed by atoms with van der Waals surface area (Å²) in [6.45, 7) is 1.09. The summed E-state index contributed by atoms with van der Waals surface area (Å²) in [4.78, 5) is 44.7. The molecule has 2 unspecified atom stereocenters. The van der Waals surface area contributed by atoms with Crippen molar-refractivity contribution >= 4 is 23.8 Å². The van der Waals surface area contributed by atoms with Gasteiger partial charge in [0.05, 0.1) is 0 Å². The Morgan fingerprint density at radius 3 is 1.25 bits per heavy atom. The lowest BCUT2D eigenvalue weighted by Crippen LogP contribution is -2.30. The third kappa shape index (κ3) is 18.6. The van der Waals surface area contributed by atoms with Crippen molar-refractivity contribution in [3.8, 4) is 0 Å². The van der Waals surface area contributed by atoms with Crippen LogP contribution in [0.2, 0.25) is 0 Å². The maximum atomic E-state index is 11.7. The Morgan fingerprint density at radius 1 is 0.562 bits per heavy atom. The lowest BCUT2D eigenvalue weighted by molar-refractivity contribution is -0.139. The molecule has 0 aromatic heterocycles. The molecule has 2 atom stereocenters. The monoisotopic (exact) mass is 458 g/mol. The van der Waals surface area contributed by atoms with Gasteiger partial charge in [-0.1, -0.05) is 25.7 Å². The van der Waals surface area contributed by atoms with E-state index in [9.17, 15) is 19.2 Å². The number of hydrogen-bond acceptors (Lipinski definition) is 6. The van der Waals surface area contributed by atoms with E-state index in [-0.39, 0.29) is 11.8 Å². The number of hydrogen-bond donors (Lipinski definition) is 6. The topological polar surface area (TPSA) is 185 Å². The van der Waals surface area contributed by atoms with Crippen LogP contribution in [-0.2, 0) is 19.2 Å². The minimum absolute atomic E-state index is 0.0224. The summed E-state index contributed by atoms with van der Waals surface area (Å²) < 4.78 is 0. The van der Waals surface area contributed by atoms with E-state index >= 15 is 0 Å². The Kier molecular flexibility index (Phi) is 18.1. The lowest BCUT2D eigenvalue weighted by Gasteiger charge is -2.08. The van der Waals surface area contributed by atoms with Crippen LogP contribution in [0.25, 0.3) is 0 Å². The number of carbonyl (C=O) groups is 4. The van der Waals surface area contributed by atoms with Crippen LogP contribution in [0.5, 0.6) is 0 Å². The van der Waals surface area contributed by atoms with Gasteiger partial charge >= 0.3 is 11.9 Å². The van der Waals surface area contributed by atoms with Crippen molar-refractivity contribution in [3.05, 3.63) is 0 Å². The molecule has 0 aliphatic rings. The van der Waals surface area contributed by atoms with Gasteiger partial charge in [-0.2, -0.15) is 0 Å². The second kappa shape index (κ2) is 19.5. The molecule has 186 valence electrons. The van der Waals surface area contributed by atoms with E-state index in [1.54, 1.807) is 0 Å². The molecule has 0 radical (unpaired) electrons. The van der Waals surface area contributed by atoms with Crippen LogP contribution in [0, 0.1) is 0 Å². The van der Waals surface area contributed by atoms with Gasteiger partial charge in [-0.15, -0.1) is 0 Å². The molecular weight excluding hydrogens is 416 g/mol. The molecule has 0 aromatic carbocycles. The molecule has 10 nitrogen and oxygen atoms in total. The number of carboxylic acids is 2. The van der Waals surface area contributed by atoms with Crippen molar-refractivity contribution in [3.63, 3.8) is 0 Å². The van der Waals surface area contributed by atoms with Crippen molar-refractivity contribution in [2.75, 3.05) is 13.1 Å². The quantitative estimate of drug-likeness (QED) is 0.140. The Bertz CT molecular complexity index is 511. The molecule has 0 heterocycles. The van der Waals surface area contributed by atoms with E-state index in [2.05, 4.69) is 10.6 Å². The zero-order valence-corrected chi connectivity index (χ0v) is 19.2. The second-order valence-corrected chi connectivity index (χ2v) is 8.20. The fourth-order valence-corrected chi connectivity index (χ4v) is 3.14. The van der Waals surface area contributed by atoms with E-state index in [4.69, 9.17) is 21.7 Å². The predicted octanol–water partition coefficient (Wildman–Crippen LogP) is 1.50. The van der Waals surface area contributed by atoms with Gasteiger partial charge in [0.15, 0.2) is 0 Å². The van der Waals surface area contributed by atoms with Gasteiger partial charge in [0.1, 0.15) is 12.1 Å². The van der Waals surface area contributed by atoms with Crippen molar-refractivity contribution in [1.29, 1.82) is 0 Å². The highest BCUT2D eigenvalue weighted by Crippen LogP contribution is 2.09. The lowest BCUT2D eigenvalue weighted by atomic mass is 10.1. The maximum absolute atomic E-state index is 11.7. The van der Waals surface area contributed by atoms with E-state index in [1.807, 2.05) is 0 Å². The Balaban J connectivity index is 3.40. The van der Waals surface area contributed by atoms with E-state index in [0.717, 1.165) is 51.4 Å². The van der Waals surface area contributed by atoms with Crippen LogP contribution in [0.3, 0.4) is 0 Å². The second-order valence-electron chi connectivity index (χ2n) is 8.20. The fourth-order valence-electron chi connectivity index (χ4n) is 3.14. The molecule has 2 amide bonds. The average Bonchev–Trinajstić information content (AvgIpc) is 2.74. The third-order valence-electron chi connectivity index (χ3n) is 5.22. The van der Waals surface area contributed by atoms with Crippen LogP contribution >= 0.6 is 0 Å². The number of unbranched alkanes of at least 4 members (excludes halogenated alkanes) is 7. The van der Waals surface area contributed by atoms with E-state index in [0.29, 0.717) is 51.6 Å². The molecule has 32 heavy (non-hydrogen) atoms. The molecule has 0 spiro atoms. The average molecular weight is 459 g/mol. The first-order chi connectivity index (χ1) is 15.2. The molecule has 8 N–H and O–H groups in total. The van der Waals surface area contributed by atoms with Crippen molar-refractivity contribution in [1.82, 2.24) is 10.6 Å². The molecule has 0 aliphatic carbocycles. The highest BCUT2D eigenvalue weighted by atomic mass is 16.4. The number of carboxylic acid groups (broad SMARTS) is 2. The summed E-state index contributed by atoms with van der Waals surface area (Å²) >= 11 is 0. The van der Waals surface area contributed by atoms with Gasteiger partial charge in [-0.3, -0.25) is 19.2 Å². The summed E-state index contributed by atoms with van der Waals surface area (Å²) in [7, 11) is 0. The van der Waals surface area contributed by atoms with E-state index < -0.39 is 24.0 Å². The van der Waals surface area contributed by atoms with Gasteiger partial charge in [0, 0.05) is 25.9 Å². The molecule has 0 rings (SSSR count). The number of rotatable bonds is 21. The van der Waals surface area contributed by atoms with Crippen molar-refractivity contribution in [2.45, 2.75) is 102 Å². The molecule has 0 fully saturated rings. The SMILES string of the molecule is NC(CCCCNC(=O)CCCCCCCCC(=O)NCCCCC(N)C(=O)O)C(=O)O. The predicted molar refractivity (Wildman–Crippen MR) is 122 cm³/mol. The first-order valence-electron chi connectivity index (χ1n) is 11.7. The number of nitrogens with one attached hydrogen (secondary N) is 2. The Morgan fingerprint density at radius 2 is 0.906 bits per heavy atom. The van der Waals surface area contributed by atoms with Gasteiger partial charge < -0.3 is 32.3 Å². The summed E-state index contributed by atoms with van der Waals surface area (Å²) in [6.07, 6.45) is 10.3. The smallest absolute Gasteiger partial charge is 0.320 e. The first-order valence-corrected chi connectivity index (χ1v) is 11.7. The number of nitrogens with two attached hydrogens (primary N) is 2.